The largest absolute Gasteiger partial charge is 0.479 e. The van der Waals surface area contributed by atoms with Crippen molar-refractivity contribution in [1.82, 2.24) is 4.31 Å². The summed E-state index contributed by atoms with van der Waals surface area (Å²) in [6, 6.07) is 10.6. The lowest BCUT2D eigenvalue weighted by molar-refractivity contribution is -0.122. The molecule has 0 bridgehead atoms. The molecule has 140 valence electrons. The fraction of sp³-hybridized carbons (Fsp3) is 0.235. The number of amides is 1. The highest BCUT2D eigenvalue weighted by molar-refractivity contribution is 7.89. The Morgan fingerprint density at radius 1 is 1.12 bits per heavy atom. The third-order valence-corrected chi connectivity index (χ3v) is 5.83. The predicted molar refractivity (Wildman–Crippen MR) is 102 cm³/mol. The Morgan fingerprint density at radius 3 is 2.27 bits per heavy atom. The summed E-state index contributed by atoms with van der Waals surface area (Å²) in [5, 5.41) is 3.43. The molecular weight excluding hydrogens is 399 g/mol. The van der Waals surface area contributed by atoms with Crippen LogP contribution in [0.2, 0.25) is 10.0 Å². The third kappa shape index (κ3) is 4.88. The molecule has 2 rings (SSSR count). The van der Waals surface area contributed by atoms with E-state index in [4.69, 9.17) is 27.9 Å². The van der Waals surface area contributed by atoms with E-state index in [-0.39, 0.29) is 4.90 Å². The number of rotatable bonds is 6. The van der Waals surface area contributed by atoms with E-state index in [2.05, 4.69) is 5.32 Å². The number of anilines is 1. The molecule has 1 amide bonds. The third-order valence-electron chi connectivity index (χ3n) is 3.47. The van der Waals surface area contributed by atoms with Gasteiger partial charge in [0.15, 0.2) is 6.10 Å². The summed E-state index contributed by atoms with van der Waals surface area (Å²) in [5.41, 5.74) is 0.449. The van der Waals surface area contributed by atoms with Gasteiger partial charge in [-0.15, -0.1) is 0 Å². The van der Waals surface area contributed by atoms with Crippen molar-refractivity contribution in [2.75, 3.05) is 19.4 Å². The Balaban J connectivity index is 2.05. The minimum atomic E-state index is -3.52. The van der Waals surface area contributed by atoms with Crippen LogP contribution in [0.1, 0.15) is 6.92 Å². The topological polar surface area (TPSA) is 75.7 Å². The molecular formula is C17H18Cl2N2O4S. The normalized spacial score (nSPS) is 12.7. The van der Waals surface area contributed by atoms with E-state index in [0.29, 0.717) is 21.5 Å². The number of halogens is 2. The van der Waals surface area contributed by atoms with Gasteiger partial charge < -0.3 is 10.1 Å². The highest BCUT2D eigenvalue weighted by atomic mass is 35.5. The smallest absolute Gasteiger partial charge is 0.265 e. The van der Waals surface area contributed by atoms with Gasteiger partial charge >= 0.3 is 0 Å². The van der Waals surface area contributed by atoms with Crippen molar-refractivity contribution < 1.29 is 17.9 Å². The first kappa shape index (κ1) is 20.5. The first-order chi connectivity index (χ1) is 12.1. The van der Waals surface area contributed by atoms with Crippen molar-refractivity contribution in [2.24, 2.45) is 0 Å². The summed E-state index contributed by atoms with van der Waals surface area (Å²) < 4.78 is 30.7. The van der Waals surface area contributed by atoms with E-state index in [1.807, 2.05) is 0 Å². The number of carbonyl (C=O) groups excluding carboxylic acids is 1. The van der Waals surface area contributed by atoms with E-state index in [9.17, 15) is 13.2 Å². The van der Waals surface area contributed by atoms with Crippen LogP contribution in [0.3, 0.4) is 0 Å². The van der Waals surface area contributed by atoms with Crippen molar-refractivity contribution >= 4 is 44.8 Å². The second-order valence-corrected chi connectivity index (χ2v) is 8.63. The van der Waals surface area contributed by atoms with Gasteiger partial charge in [-0.2, -0.15) is 0 Å². The lowest BCUT2D eigenvalue weighted by Gasteiger charge is -2.16. The number of nitrogens with zero attached hydrogens (tertiary/aromatic N) is 1. The van der Waals surface area contributed by atoms with Crippen LogP contribution in [0.15, 0.2) is 47.4 Å². The van der Waals surface area contributed by atoms with Crippen LogP contribution < -0.4 is 10.1 Å². The van der Waals surface area contributed by atoms with E-state index < -0.39 is 22.0 Å². The van der Waals surface area contributed by atoms with Crippen LogP contribution >= 0.6 is 23.2 Å². The molecule has 0 saturated heterocycles. The Bertz CT molecular complexity index is 899. The standard InChI is InChI=1S/C17H18Cl2N2O4S/c1-11(25-16-9-4-12(18)10-15(16)19)17(22)20-13-5-7-14(8-6-13)26(23,24)21(2)3/h4-11H,1-3H3,(H,20,22)/t11-/m0/s1. The summed E-state index contributed by atoms with van der Waals surface area (Å²) in [6.45, 7) is 1.57. The molecule has 0 aromatic heterocycles. The van der Waals surface area contributed by atoms with Gasteiger partial charge in [0.05, 0.1) is 9.92 Å². The average Bonchev–Trinajstić information content (AvgIpc) is 2.57. The van der Waals surface area contributed by atoms with Crippen LogP contribution in [0, 0.1) is 0 Å². The van der Waals surface area contributed by atoms with Gasteiger partial charge in [0.1, 0.15) is 5.75 Å². The van der Waals surface area contributed by atoms with E-state index in [1.54, 1.807) is 19.1 Å². The van der Waals surface area contributed by atoms with E-state index in [1.165, 1.54) is 44.4 Å². The molecule has 0 saturated carbocycles. The second kappa shape index (κ2) is 8.26. The Hall–Kier alpha value is -1.80. The molecule has 0 radical (unpaired) electrons. The zero-order valence-electron chi connectivity index (χ0n) is 14.4. The SMILES string of the molecule is C[C@H](Oc1ccc(Cl)cc1Cl)C(=O)Nc1ccc(S(=O)(=O)N(C)C)cc1. The number of hydrogen-bond donors (Lipinski definition) is 1. The lowest BCUT2D eigenvalue weighted by Crippen LogP contribution is -2.30. The molecule has 2 aromatic carbocycles. The molecule has 0 aliphatic heterocycles. The number of carbonyl (C=O) groups is 1. The molecule has 2 aromatic rings. The van der Waals surface area contributed by atoms with Gasteiger partial charge in [0.25, 0.3) is 5.91 Å². The quantitative estimate of drug-likeness (QED) is 0.779. The molecule has 1 N–H and O–H groups in total. The van der Waals surface area contributed by atoms with Crippen molar-refractivity contribution in [3.05, 3.63) is 52.5 Å². The zero-order valence-corrected chi connectivity index (χ0v) is 16.7. The maximum absolute atomic E-state index is 12.3. The number of sulfonamides is 1. The molecule has 26 heavy (non-hydrogen) atoms. The highest BCUT2D eigenvalue weighted by Crippen LogP contribution is 2.28. The highest BCUT2D eigenvalue weighted by Gasteiger charge is 2.19. The summed E-state index contributed by atoms with van der Waals surface area (Å²) >= 11 is 11.8. The van der Waals surface area contributed by atoms with Gasteiger partial charge in [-0.1, -0.05) is 23.2 Å². The summed E-state index contributed by atoms with van der Waals surface area (Å²) in [6.07, 6.45) is -0.821. The maximum atomic E-state index is 12.3. The van der Waals surface area contributed by atoms with Crippen LogP contribution in [0.25, 0.3) is 0 Å². The second-order valence-electron chi connectivity index (χ2n) is 5.64. The zero-order chi connectivity index (χ0) is 19.5. The van der Waals surface area contributed by atoms with Crippen molar-refractivity contribution in [3.8, 4) is 5.75 Å². The van der Waals surface area contributed by atoms with Crippen LogP contribution in [0.4, 0.5) is 5.69 Å². The van der Waals surface area contributed by atoms with E-state index >= 15 is 0 Å². The monoisotopic (exact) mass is 416 g/mol. The van der Waals surface area contributed by atoms with Gasteiger partial charge in [-0.05, 0) is 49.4 Å². The van der Waals surface area contributed by atoms with Gasteiger partial charge in [0, 0.05) is 24.8 Å². The molecule has 9 heteroatoms. The van der Waals surface area contributed by atoms with Crippen LogP contribution in [-0.4, -0.2) is 38.8 Å². The Morgan fingerprint density at radius 2 is 1.73 bits per heavy atom. The summed E-state index contributed by atoms with van der Waals surface area (Å²) in [4.78, 5) is 12.4. The van der Waals surface area contributed by atoms with Crippen LogP contribution in [-0.2, 0) is 14.8 Å². The first-order valence-electron chi connectivity index (χ1n) is 7.56. The molecule has 6 nitrogen and oxygen atoms in total. The molecule has 0 aliphatic rings. The Kier molecular flexibility index (Phi) is 6.52. The molecule has 0 spiro atoms. The number of benzene rings is 2. The maximum Gasteiger partial charge on any atom is 0.265 e. The van der Waals surface area contributed by atoms with E-state index in [0.717, 1.165) is 4.31 Å². The minimum Gasteiger partial charge on any atom is -0.479 e. The number of nitrogens with one attached hydrogen (secondary N) is 1. The van der Waals surface area contributed by atoms with Gasteiger partial charge in [-0.3, -0.25) is 4.79 Å². The molecule has 0 heterocycles. The van der Waals surface area contributed by atoms with Crippen molar-refractivity contribution in [2.45, 2.75) is 17.9 Å². The number of hydrogen-bond acceptors (Lipinski definition) is 4. The average molecular weight is 417 g/mol. The minimum absolute atomic E-state index is 0.137. The Labute approximate surface area is 162 Å². The van der Waals surface area contributed by atoms with Gasteiger partial charge in [0.2, 0.25) is 10.0 Å². The molecule has 1 atom stereocenters. The van der Waals surface area contributed by atoms with Crippen molar-refractivity contribution in [3.63, 3.8) is 0 Å². The fourth-order valence-electron chi connectivity index (χ4n) is 1.98. The lowest BCUT2D eigenvalue weighted by atomic mass is 10.3. The summed E-state index contributed by atoms with van der Waals surface area (Å²) in [5.74, 6) is -0.0645. The van der Waals surface area contributed by atoms with Crippen LogP contribution in [0.5, 0.6) is 5.75 Å². The van der Waals surface area contributed by atoms with Crippen molar-refractivity contribution in [1.29, 1.82) is 0 Å². The summed E-state index contributed by atoms with van der Waals surface area (Å²) in [7, 11) is -0.616. The molecule has 0 unspecified atom stereocenters. The van der Waals surface area contributed by atoms with Gasteiger partial charge in [-0.25, -0.2) is 12.7 Å². The molecule has 0 aliphatic carbocycles. The molecule has 0 fully saturated rings. The fourth-order valence-corrected chi connectivity index (χ4v) is 3.33. The number of ether oxygens (including phenoxy) is 1. The predicted octanol–water partition coefficient (Wildman–Crippen LogP) is 3.65. The first-order valence-corrected chi connectivity index (χ1v) is 9.76.